The minimum Gasteiger partial charge on any atom is -0.548 e. The smallest absolute Gasteiger partial charge is 0.548 e. The van der Waals surface area contributed by atoms with Crippen LogP contribution in [-0.2, 0) is 18.9 Å². The first kappa shape index (κ1) is 23.7. The molecule has 4 atom stereocenters. The Morgan fingerprint density at radius 2 is 1.68 bits per heavy atom. The van der Waals surface area contributed by atoms with Crippen molar-refractivity contribution in [2.45, 2.75) is 38.4 Å². The van der Waals surface area contributed by atoms with E-state index >= 15 is 0 Å². The molecule has 0 aliphatic rings. The van der Waals surface area contributed by atoms with Gasteiger partial charge in [0.15, 0.2) is 6.16 Å². The van der Waals surface area contributed by atoms with Crippen LogP contribution in [0.5, 0.6) is 0 Å². The third-order valence-electron chi connectivity index (χ3n) is 2.65. The predicted octanol–water partition coefficient (Wildman–Crippen LogP) is -5.76. The molecule has 0 rings (SSSR count). The van der Waals surface area contributed by atoms with E-state index in [-0.39, 0.29) is 42.1 Å². The molecular weight excluding hydrogens is 324 g/mol. The summed E-state index contributed by atoms with van der Waals surface area (Å²) in [4.78, 5) is 33.8. The molecule has 2 amide bonds. The van der Waals surface area contributed by atoms with Gasteiger partial charge in [0.1, 0.15) is 6.04 Å². The van der Waals surface area contributed by atoms with Crippen molar-refractivity contribution < 1.29 is 58.7 Å². The number of carboxylic acid groups (broad SMARTS) is 1. The maximum Gasteiger partial charge on any atom is 1.00 e. The first-order valence-corrected chi connectivity index (χ1v) is 7.92. The summed E-state index contributed by atoms with van der Waals surface area (Å²) in [6, 6.07) is -3.12. The van der Waals surface area contributed by atoms with Gasteiger partial charge < -0.3 is 31.4 Å². The van der Waals surface area contributed by atoms with Crippen LogP contribution in [0.3, 0.4) is 0 Å². The standard InChI is InChI=1S/C11H20N3O6P.Na/c1-6(9(16)14-7(2)11(18)19)13-10(17)8(12)3-4-21(20)5-15;/h6-8,15H,3-5,12H2,1-2H3,(H2-,13,14,16,17,18,19);/q;+1/t6-,7-,8-;/m0./s1. The summed E-state index contributed by atoms with van der Waals surface area (Å²) in [6.07, 6.45) is -0.266. The van der Waals surface area contributed by atoms with E-state index < -0.39 is 50.1 Å². The van der Waals surface area contributed by atoms with Crippen LogP contribution in [0, 0.1) is 0 Å². The topological polar surface area (TPSA) is 162 Å². The summed E-state index contributed by atoms with van der Waals surface area (Å²) in [7, 11) is -1.79. The van der Waals surface area contributed by atoms with E-state index in [0.29, 0.717) is 0 Å². The van der Waals surface area contributed by atoms with Gasteiger partial charge in [-0.05, 0) is 13.8 Å². The van der Waals surface area contributed by atoms with Crippen LogP contribution >= 0.6 is 7.80 Å². The minimum absolute atomic E-state index is 0. The number of rotatable bonds is 9. The Labute approximate surface area is 151 Å². The number of hydrogen-bond acceptors (Lipinski definition) is 7. The summed E-state index contributed by atoms with van der Waals surface area (Å²) in [5.41, 5.74) is 5.56. The van der Waals surface area contributed by atoms with E-state index in [1.54, 1.807) is 0 Å². The molecule has 22 heavy (non-hydrogen) atoms. The molecule has 0 bridgehead atoms. The van der Waals surface area contributed by atoms with Crippen LogP contribution in [0.4, 0.5) is 0 Å². The number of aliphatic carboxylic acids is 1. The predicted molar refractivity (Wildman–Crippen MR) is 72.4 cm³/mol. The van der Waals surface area contributed by atoms with Gasteiger partial charge in [0.2, 0.25) is 18.2 Å². The Hall–Kier alpha value is -0.570. The van der Waals surface area contributed by atoms with E-state index in [0.717, 1.165) is 0 Å². The molecule has 120 valence electrons. The Balaban J connectivity index is 0. The summed E-state index contributed by atoms with van der Waals surface area (Å²) >= 11 is 0. The number of carboxylic acids is 1. The molecule has 9 nitrogen and oxygen atoms in total. The number of carbonyl (C=O) groups excluding carboxylic acids is 3. The fraction of sp³-hybridized carbons (Fsp3) is 0.727. The molecule has 0 aliphatic carbocycles. The van der Waals surface area contributed by atoms with Crippen LogP contribution < -0.4 is 51.0 Å². The van der Waals surface area contributed by atoms with Gasteiger partial charge in [-0.25, -0.2) is 0 Å². The zero-order chi connectivity index (χ0) is 16.6. The zero-order valence-corrected chi connectivity index (χ0v) is 15.8. The largest absolute Gasteiger partial charge is 1.00 e. The molecule has 0 aromatic heterocycles. The first-order chi connectivity index (χ1) is 9.68. The molecule has 1 unspecified atom stereocenters. The van der Waals surface area contributed by atoms with Crippen molar-refractivity contribution in [2.75, 3.05) is 12.5 Å². The number of nitrogens with one attached hydrogen (secondary N) is 2. The second-order valence-corrected chi connectivity index (χ2v) is 6.22. The van der Waals surface area contributed by atoms with Crippen molar-refractivity contribution in [1.82, 2.24) is 10.6 Å². The summed E-state index contributed by atoms with van der Waals surface area (Å²) in [5.74, 6) is -2.75. The first-order valence-electron chi connectivity index (χ1n) is 6.29. The van der Waals surface area contributed by atoms with Gasteiger partial charge in [-0.1, -0.05) is 4.57 Å². The number of aliphatic hydroxyl groups is 1. The van der Waals surface area contributed by atoms with E-state index in [2.05, 4.69) is 10.6 Å². The third kappa shape index (κ3) is 9.45. The molecule has 0 aliphatic heterocycles. The van der Waals surface area contributed by atoms with E-state index in [1.807, 2.05) is 0 Å². The molecule has 0 saturated carbocycles. The fourth-order valence-electron chi connectivity index (χ4n) is 1.27. The van der Waals surface area contributed by atoms with Gasteiger partial charge in [0, 0.05) is 6.42 Å². The molecule has 0 radical (unpaired) electrons. The fourth-order valence-corrected chi connectivity index (χ4v) is 1.98. The van der Waals surface area contributed by atoms with Crippen LogP contribution in [0.15, 0.2) is 0 Å². The number of hydrogen-bond donors (Lipinski definition) is 4. The van der Waals surface area contributed by atoms with Crippen molar-refractivity contribution in [1.29, 1.82) is 0 Å². The summed E-state index contributed by atoms with van der Waals surface area (Å²) in [6.45, 7) is 2.61. The van der Waals surface area contributed by atoms with E-state index in [9.17, 15) is 24.1 Å². The van der Waals surface area contributed by atoms with Crippen LogP contribution in [0.25, 0.3) is 0 Å². The summed E-state index contributed by atoms with van der Waals surface area (Å²) in [5, 5.41) is 23.6. The molecular formula is C11H20N3NaO6P+. The molecule has 11 heteroatoms. The molecule has 0 saturated heterocycles. The molecule has 0 aromatic rings. The van der Waals surface area contributed by atoms with E-state index in [1.165, 1.54) is 13.8 Å². The maximum absolute atomic E-state index is 11.7. The van der Waals surface area contributed by atoms with Gasteiger partial charge in [0.05, 0.1) is 18.1 Å². The monoisotopic (exact) mass is 344 g/mol. The normalized spacial score (nSPS) is 14.8. The van der Waals surface area contributed by atoms with Crippen LogP contribution in [0.1, 0.15) is 20.3 Å². The maximum atomic E-state index is 11.7. The minimum atomic E-state index is -1.79. The van der Waals surface area contributed by atoms with Gasteiger partial charge in [-0.15, -0.1) is 0 Å². The number of carbonyl (C=O) groups is 3. The van der Waals surface area contributed by atoms with Crippen LogP contribution in [0.2, 0.25) is 0 Å². The quantitative estimate of drug-likeness (QED) is 0.239. The van der Waals surface area contributed by atoms with Crippen molar-refractivity contribution in [3.8, 4) is 0 Å². The van der Waals surface area contributed by atoms with Crippen molar-refractivity contribution in [2.24, 2.45) is 5.73 Å². The SMILES string of the molecule is C[C@H](NC(=O)[C@H](C)NC(=O)[C@@H](N)CC[P+](=O)CO)C(=O)[O-].[Na+]. The molecule has 0 heterocycles. The molecule has 0 fully saturated rings. The summed E-state index contributed by atoms with van der Waals surface area (Å²) < 4.78 is 11.0. The van der Waals surface area contributed by atoms with E-state index in [4.69, 9.17) is 10.8 Å². The Morgan fingerprint density at radius 3 is 2.14 bits per heavy atom. The van der Waals surface area contributed by atoms with Gasteiger partial charge >= 0.3 is 37.4 Å². The Kier molecular flexibility index (Phi) is 12.8. The Morgan fingerprint density at radius 1 is 1.18 bits per heavy atom. The number of aliphatic hydroxyl groups excluding tert-OH is 1. The van der Waals surface area contributed by atoms with Crippen molar-refractivity contribution in [3.63, 3.8) is 0 Å². The average molecular weight is 344 g/mol. The van der Waals surface area contributed by atoms with Gasteiger partial charge in [0.25, 0.3) is 0 Å². The number of amides is 2. The second kappa shape index (κ2) is 11.9. The second-order valence-electron chi connectivity index (χ2n) is 4.52. The van der Waals surface area contributed by atoms with Gasteiger partial charge in [-0.2, -0.15) is 0 Å². The van der Waals surface area contributed by atoms with Crippen molar-refractivity contribution in [3.05, 3.63) is 0 Å². The molecule has 0 spiro atoms. The molecule has 5 N–H and O–H groups in total. The zero-order valence-electron chi connectivity index (χ0n) is 12.9. The van der Waals surface area contributed by atoms with Crippen molar-refractivity contribution >= 4 is 25.6 Å². The molecule has 0 aromatic carbocycles. The average Bonchev–Trinajstić information content (AvgIpc) is 2.43. The third-order valence-corrected chi connectivity index (χ3v) is 3.72. The van der Waals surface area contributed by atoms with Crippen LogP contribution in [-0.4, -0.2) is 53.5 Å². The van der Waals surface area contributed by atoms with Gasteiger partial charge in [-0.3, -0.25) is 9.59 Å². The Bertz CT molecular complexity index is 423. The number of nitrogens with two attached hydrogens (primary N) is 1.